The van der Waals surface area contributed by atoms with Crippen molar-refractivity contribution < 1.29 is 174 Å². The SMILES string of the molecule is CC[N+](C)(CC)CC.CC[N+](C)(CC)CC.CC[N+](C)(CC)CC.O=C(O)C(=O)O.O=C(O)C(=O)O.O=C(O)C(=O)O.O=C(O)C(F)(F)C(=O)O.O=C(O)C(F)(F)C(=O)O.O=C(O)C(F)(F)C(=O)O.[O-]B([O-])[O-]. The third-order valence-corrected chi connectivity index (χ3v) is 9.03. The molecule has 0 heterocycles. The third-order valence-electron chi connectivity index (χ3n) is 9.03. The van der Waals surface area contributed by atoms with Crippen molar-refractivity contribution in [2.24, 2.45) is 0 Å². The molecule has 0 aliphatic rings. The van der Waals surface area contributed by atoms with Crippen molar-refractivity contribution in [1.82, 2.24) is 0 Å². The van der Waals surface area contributed by atoms with Gasteiger partial charge in [0, 0.05) is 0 Å². The molecule has 0 fully saturated rings. The van der Waals surface area contributed by atoms with Crippen LogP contribution in [0, 0.1) is 0 Å². The van der Waals surface area contributed by atoms with Gasteiger partial charge >= 0.3 is 89.4 Å². The summed E-state index contributed by atoms with van der Waals surface area (Å²) in [4.78, 5) is 111. The standard InChI is InChI=1S/3C7H18N.3C3H2F2O4.3C2H2O4.BO3/c3*1-5-8(4,6-2)7-3;3*4-3(5,1(6)7)2(8)9;3*3-1(4)2(5)6;2-1(3)4/h3*5-7H2,1-4H3;3*(H,6,7)(H,8,9);3*(H,3,4)(H,5,6);/q3*+1;;;;;;;-3. The first kappa shape index (κ1) is 89.0. The minimum atomic E-state index is -4.67. The van der Waals surface area contributed by atoms with E-state index in [0.29, 0.717) is 0 Å². The van der Waals surface area contributed by atoms with Crippen molar-refractivity contribution in [3.8, 4) is 0 Å². The van der Waals surface area contributed by atoms with Crippen molar-refractivity contribution in [3.05, 3.63) is 0 Å². The zero-order valence-electron chi connectivity index (χ0n) is 41.5. The Morgan fingerprint density at radius 3 is 0.370 bits per heavy atom. The molecule has 0 spiro atoms. The molecule has 0 atom stereocenters. The lowest BCUT2D eigenvalue weighted by atomic mass is 10.3. The van der Waals surface area contributed by atoms with E-state index in [1.165, 1.54) is 72.4 Å². The van der Waals surface area contributed by atoms with E-state index in [0.717, 1.165) is 0 Å². The van der Waals surface area contributed by atoms with Crippen molar-refractivity contribution in [1.29, 1.82) is 0 Å². The molecule has 0 aliphatic heterocycles. The lowest BCUT2D eigenvalue weighted by molar-refractivity contribution is -0.904. The molecule has 0 aromatic heterocycles. The van der Waals surface area contributed by atoms with E-state index in [2.05, 4.69) is 83.5 Å². The highest BCUT2D eigenvalue weighted by molar-refractivity contribution is 6.28. The molecule has 0 aromatic carbocycles. The molecule has 432 valence electrons. The van der Waals surface area contributed by atoms with Gasteiger partial charge in [-0.3, -0.25) is 7.32 Å². The highest BCUT2D eigenvalue weighted by Crippen LogP contribution is 2.14. The Hall–Kier alpha value is -6.96. The number of carboxylic acids is 12. The van der Waals surface area contributed by atoms with Crippen molar-refractivity contribution in [2.75, 3.05) is 80.0 Å². The highest BCUT2D eigenvalue weighted by Gasteiger charge is 2.49. The van der Waals surface area contributed by atoms with Gasteiger partial charge in [0.25, 0.3) is 0 Å². The fourth-order valence-corrected chi connectivity index (χ4v) is 2.29. The van der Waals surface area contributed by atoms with Gasteiger partial charge in [-0.25, -0.2) is 57.5 Å². The molecular formula is C36H66BF6N3O27. The highest BCUT2D eigenvalue weighted by atomic mass is 19.3. The second kappa shape index (κ2) is 44.9. The Bertz CT molecular complexity index is 1400. The molecule has 0 rings (SSSR count). The van der Waals surface area contributed by atoms with Crippen LogP contribution in [0.15, 0.2) is 0 Å². The number of rotatable bonds is 15. The molecule has 73 heavy (non-hydrogen) atoms. The van der Waals surface area contributed by atoms with E-state index >= 15 is 0 Å². The smallest absolute Gasteiger partial charge is 0.436 e. The lowest BCUT2D eigenvalue weighted by Gasteiger charge is -2.35. The predicted octanol–water partition coefficient (Wildman–Crippen LogP) is -2.63. The second-order valence-corrected chi connectivity index (χ2v) is 13.4. The molecule has 37 heteroatoms. The van der Waals surface area contributed by atoms with E-state index in [4.69, 9.17) is 105 Å². The summed E-state index contributed by atoms with van der Waals surface area (Å²) in [5.74, 6) is -40.9. The van der Waals surface area contributed by atoms with Gasteiger partial charge in [-0.1, -0.05) is 0 Å². The number of carbonyl (C=O) groups is 12. The summed E-state index contributed by atoms with van der Waals surface area (Å²) in [7, 11) is 3.96. The predicted molar refractivity (Wildman–Crippen MR) is 226 cm³/mol. The Morgan fingerprint density at radius 1 is 0.301 bits per heavy atom. The van der Waals surface area contributed by atoms with Crippen molar-refractivity contribution in [3.63, 3.8) is 0 Å². The minimum Gasteiger partial charge on any atom is -0.907 e. The second-order valence-electron chi connectivity index (χ2n) is 13.4. The maximum Gasteiger partial charge on any atom is 0.436 e. The molecule has 30 nitrogen and oxygen atoms in total. The Balaban J connectivity index is -0.0000000760. The Kier molecular flexibility index (Phi) is 54.8. The third kappa shape index (κ3) is 55.8. The Labute approximate surface area is 412 Å². The fraction of sp³-hybridized carbons (Fsp3) is 0.667. The van der Waals surface area contributed by atoms with Crippen LogP contribution < -0.4 is 15.1 Å². The number of quaternary nitrogens is 3. The molecule has 0 aliphatic carbocycles. The number of carboxylic acid groups (broad SMARTS) is 12. The van der Waals surface area contributed by atoms with Crippen LogP contribution in [0.1, 0.15) is 62.3 Å². The largest absolute Gasteiger partial charge is 0.907 e. The average Bonchev–Trinajstić information content (AvgIpc) is 3.29. The molecule has 0 saturated carbocycles. The fourth-order valence-electron chi connectivity index (χ4n) is 2.29. The summed E-state index contributed by atoms with van der Waals surface area (Å²) in [5, 5.41) is 114. The summed E-state index contributed by atoms with van der Waals surface area (Å²) in [6.45, 7) is 31.5. The number of hydrogen-bond acceptors (Lipinski definition) is 15. The van der Waals surface area contributed by atoms with Crippen LogP contribution in [0.2, 0.25) is 0 Å². The summed E-state index contributed by atoms with van der Waals surface area (Å²) in [5.41, 5.74) is 0. The van der Waals surface area contributed by atoms with Crippen LogP contribution in [-0.2, 0) is 57.5 Å². The van der Waals surface area contributed by atoms with Crippen LogP contribution in [0.25, 0.3) is 0 Å². The first-order valence-corrected chi connectivity index (χ1v) is 19.8. The van der Waals surface area contributed by atoms with Crippen LogP contribution in [0.4, 0.5) is 26.3 Å². The van der Waals surface area contributed by atoms with E-state index in [-0.39, 0.29) is 0 Å². The van der Waals surface area contributed by atoms with Crippen molar-refractivity contribution >= 4 is 79.0 Å². The minimum absolute atomic E-state index is 1.21. The first-order chi connectivity index (χ1) is 32.4. The topological polar surface area (TPSA) is 517 Å². The number of alkyl halides is 6. The quantitative estimate of drug-likeness (QED) is 0.0262. The molecular weight excluding hydrogens is 1030 g/mol. The average molecular weight is 1100 g/mol. The van der Waals surface area contributed by atoms with Gasteiger partial charge in [-0.05, 0) is 62.3 Å². The monoisotopic (exact) mass is 1100 g/mol. The first-order valence-electron chi connectivity index (χ1n) is 19.8. The lowest BCUT2D eigenvalue weighted by Crippen LogP contribution is -2.56. The summed E-state index contributed by atoms with van der Waals surface area (Å²) in [6.07, 6.45) is 0. The molecule has 12 N–H and O–H groups in total. The van der Waals surface area contributed by atoms with Gasteiger partial charge in [-0.2, -0.15) is 26.3 Å². The van der Waals surface area contributed by atoms with Gasteiger partial charge < -0.3 is 89.8 Å². The molecule has 0 aromatic rings. The number of halogens is 6. The maximum atomic E-state index is 11.5. The van der Waals surface area contributed by atoms with Gasteiger partial charge in [0.05, 0.1) is 80.0 Å². The van der Waals surface area contributed by atoms with E-state index in [1.807, 2.05) is 0 Å². The normalized spacial score (nSPS) is 10.2. The van der Waals surface area contributed by atoms with E-state index in [1.54, 1.807) is 0 Å². The van der Waals surface area contributed by atoms with E-state index < -0.39 is 96.7 Å². The van der Waals surface area contributed by atoms with Gasteiger partial charge in [-0.15, -0.1) is 0 Å². The zero-order valence-corrected chi connectivity index (χ0v) is 41.5. The van der Waals surface area contributed by atoms with Crippen LogP contribution in [0.3, 0.4) is 0 Å². The van der Waals surface area contributed by atoms with E-state index in [9.17, 15) is 55.1 Å². The number of aliphatic carboxylic acids is 12. The molecule has 0 amide bonds. The van der Waals surface area contributed by atoms with Crippen molar-refractivity contribution in [2.45, 2.75) is 80.1 Å². The summed E-state index contributed by atoms with van der Waals surface area (Å²) < 4.78 is 72.4. The number of hydrogen-bond donors (Lipinski definition) is 12. The van der Waals surface area contributed by atoms with Gasteiger partial charge in [0.1, 0.15) is 0 Å². The summed E-state index contributed by atoms with van der Waals surface area (Å²) in [6, 6.07) is 0. The summed E-state index contributed by atoms with van der Waals surface area (Å²) >= 11 is 0. The molecule has 0 saturated heterocycles. The Morgan fingerprint density at radius 2 is 0.370 bits per heavy atom. The molecule has 0 unspecified atom stereocenters. The molecule has 0 bridgehead atoms. The van der Waals surface area contributed by atoms with Crippen LogP contribution in [-0.4, -0.2) is 251 Å². The van der Waals surface area contributed by atoms with Gasteiger partial charge in [0.15, 0.2) is 0 Å². The zero-order chi connectivity index (χ0) is 61.9. The van der Waals surface area contributed by atoms with Crippen LogP contribution in [0.5, 0.6) is 0 Å². The molecule has 0 radical (unpaired) electrons. The number of nitrogens with zero attached hydrogens (tertiary/aromatic N) is 3. The maximum absolute atomic E-state index is 11.5. The van der Waals surface area contributed by atoms with Gasteiger partial charge in [0.2, 0.25) is 0 Å². The van der Waals surface area contributed by atoms with Crippen LogP contribution >= 0.6 is 0 Å².